The minimum atomic E-state index is 0.712. The molecule has 1 aliphatic heterocycles. The fourth-order valence-corrected chi connectivity index (χ4v) is 3.38. The molecule has 1 heterocycles. The molecule has 2 aliphatic rings. The van der Waals surface area contributed by atoms with E-state index in [0.717, 1.165) is 6.54 Å². The Morgan fingerprint density at radius 3 is 2.60 bits per heavy atom. The number of aryl methyl sites for hydroxylation is 1. The molecule has 0 aromatic heterocycles. The molecule has 1 aromatic carbocycles. The average molecular weight is 270 g/mol. The van der Waals surface area contributed by atoms with Gasteiger partial charge in [-0.1, -0.05) is 36.4 Å². The van der Waals surface area contributed by atoms with E-state index in [0.29, 0.717) is 6.04 Å². The predicted octanol–water partition coefficient (Wildman–Crippen LogP) is 3.22. The van der Waals surface area contributed by atoms with E-state index in [1.54, 1.807) is 0 Å². The zero-order valence-electron chi connectivity index (χ0n) is 12.6. The van der Waals surface area contributed by atoms with Crippen molar-refractivity contribution in [1.82, 2.24) is 9.80 Å². The van der Waals surface area contributed by atoms with Crippen molar-refractivity contribution in [3.05, 3.63) is 47.5 Å². The van der Waals surface area contributed by atoms with Crippen LogP contribution in [0.5, 0.6) is 0 Å². The maximum atomic E-state index is 2.67. The van der Waals surface area contributed by atoms with E-state index in [-0.39, 0.29) is 0 Å². The first-order valence-corrected chi connectivity index (χ1v) is 8.00. The van der Waals surface area contributed by atoms with E-state index >= 15 is 0 Å². The van der Waals surface area contributed by atoms with Crippen LogP contribution in [0.3, 0.4) is 0 Å². The van der Waals surface area contributed by atoms with Crippen LogP contribution < -0.4 is 0 Å². The van der Waals surface area contributed by atoms with E-state index < -0.39 is 0 Å². The summed E-state index contributed by atoms with van der Waals surface area (Å²) >= 11 is 0. The summed E-state index contributed by atoms with van der Waals surface area (Å²) < 4.78 is 0. The molecule has 20 heavy (non-hydrogen) atoms. The van der Waals surface area contributed by atoms with Crippen LogP contribution in [-0.2, 0) is 6.54 Å². The predicted molar refractivity (Wildman–Crippen MR) is 84.8 cm³/mol. The molecule has 2 heteroatoms. The maximum absolute atomic E-state index is 2.67. The molecule has 1 saturated heterocycles. The number of hydrogen-bond acceptors (Lipinski definition) is 2. The van der Waals surface area contributed by atoms with Gasteiger partial charge < -0.3 is 0 Å². The zero-order valence-corrected chi connectivity index (χ0v) is 12.6. The van der Waals surface area contributed by atoms with Crippen molar-refractivity contribution in [2.75, 3.05) is 26.2 Å². The molecule has 0 radical (unpaired) electrons. The minimum absolute atomic E-state index is 0.712. The van der Waals surface area contributed by atoms with Gasteiger partial charge in [0.1, 0.15) is 0 Å². The van der Waals surface area contributed by atoms with Crippen molar-refractivity contribution in [1.29, 1.82) is 0 Å². The molecule has 0 N–H and O–H groups in total. The maximum Gasteiger partial charge on any atom is 0.0279 e. The fourth-order valence-electron chi connectivity index (χ4n) is 3.38. The van der Waals surface area contributed by atoms with Crippen molar-refractivity contribution in [2.45, 2.75) is 38.8 Å². The van der Waals surface area contributed by atoms with Crippen molar-refractivity contribution in [3.8, 4) is 0 Å². The first kappa shape index (κ1) is 13.8. The molecule has 0 saturated carbocycles. The summed E-state index contributed by atoms with van der Waals surface area (Å²) in [4.78, 5) is 5.27. The highest BCUT2D eigenvalue weighted by Gasteiger charge is 2.23. The van der Waals surface area contributed by atoms with Crippen LogP contribution in [0.2, 0.25) is 0 Å². The Kier molecular flexibility index (Phi) is 4.54. The third kappa shape index (κ3) is 3.31. The summed E-state index contributed by atoms with van der Waals surface area (Å²) in [6.07, 6.45) is 8.80. The van der Waals surface area contributed by atoms with E-state index in [9.17, 15) is 0 Å². The normalized spacial score (nSPS) is 24.9. The number of rotatable bonds is 3. The van der Waals surface area contributed by atoms with E-state index in [1.807, 2.05) is 0 Å². The van der Waals surface area contributed by atoms with Crippen LogP contribution >= 0.6 is 0 Å². The molecule has 108 valence electrons. The van der Waals surface area contributed by atoms with Gasteiger partial charge in [0.2, 0.25) is 0 Å². The third-order valence-electron chi connectivity index (χ3n) is 4.76. The Morgan fingerprint density at radius 2 is 1.90 bits per heavy atom. The van der Waals surface area contributed by atoms with Gasteiger partial charge in [0.15, 0.2) is 0 Å². The standard InChI is InChI=1S/C18H26N2/c1-16-7-5-6-8-17(16)15-19-11-13-20(14-12-19)18-9-3-2-4-10-18/h3,5-9,18H,2,4,10-15H2,1H3. The van der Waals surface area contributed by atoms with Gasteiger partial charge in [-0.05, 0) is 37.3 Å². The van der Waals surface area contributed by atoms with Gasteiger partial charge in [-0.2, -0.15) is 0 Å². The Labute approximate surface area is 123 Å². The van der Waals surface area contributed by atoms with E-state index in [2.05, 4.69) is 53.1 Å². The van der Waals surface area contributed by atoms with E-state index in [1.165, 1.54) is 56.6 Å². The molecule has 1 unspecified atom stereocenters. The summed E-state index contributed by atoms with van der Waals surface area (Å²) in [5.41, 5.74) is 2.91. The molecule has 1 fully saturated rings. The van der Waals surface area contributed by atoms with Gasteiger partial charge in [0, 0.05) is 38.8 Å². The first-order chi connectivity index (χ1) is 9.83. The van der Waals surface area contributed by atoms with Gasteiger partial charge >= 0.3 is 0 Å². The number of hydrogen-bond donors (Lipinski definition) is 0. The van der Waals surface area contributed by atoms with Gasteiger partial charge in [0.25, 0.3) is 0 Å². The molecule has 0 amide bonds. The Bertz CT molecular complexity index is 458. The van der Waals surface area contributed by atoms with Gasteiger partial charge in [-0.3, -0.25) is 9.80 Å². The Balaban J connectivity index is 1.52. The van der Waals surface area contributed by atoms with Crippen LogP contribution in [0, 0.1) is 6.92 Å². The van der Waals surface area contributed by atoms with Crippen molar-refractivity contribution in [2.24, 2.45) is 0 Å². The van der Waals surface area contributed by atoms with Gasteiger partial charge in [-0.25, -0.2) is 0 Å². The Hall–Kier alpha value is -1.12. The van der Waals surface area contributed by atoms with E-state index in [4.69, 9.17) is 0 Å². The van der Waals surface area contributed by atoms with Crippen LogP contribution in [0.1, 0.15) is 30.4 Å². The highest BCUT2D eigenvalue weighted by molar-refractivity contribution is 5.25. The highest BCUT2D eigenvalue weighted by atomic mass is 15.3. The molecular formula is C18H26N2. The van der Waals surface area contributed by atoms with Crippen LogP contribution in [0.4, 0.5) is 0 Å². The third-order valence-corrected chi connectivity index (χ3v) is 4.76. The molecule has 0 spiro atoms. The second-order valence-corrected chi connectivity index (χ2v) is 6.17. The summed E-state index contributed by atoms with van der Waals surface area (Å²) in [7, 11) is 0. The fraction of sp³-hybridized carbons (Fsp3) is 0.556. The monoisotopic (exact) mass is 270 g/mol. The SMILES string of the molecule is Cc1ccccc1CN1CCN(C2C=CCCC2)CC1. The zero-order chi connectivity index (χ0) is 13.8. The lowest BCUT2D eigenvalue weighted by Crippen LogP contribution is -2.49. The quantitative estimate of drug-likeness (QED) is 0.778. The van der Waals surface area contributed by atoms with Gasteiger partial charge in [-0.15, -0.1) is 0 Å². The summed E-state index contributed by atoms with van der Waals surface area (Å²) in [6, 6.07) is 9.49. The minimum Gasteiger partial charge on any atom is -0.297 e. The number of allylic oxidation sites excluding steroid dienone is 1. The number of piperazine rings is 1. The van der Waals surface area contributed by atoms with Crippen LogP contribution in [0.15, 0.2) is 36.4 Å². The van der Waals surface area contributed by atoms with Crippen molar-refractivity contribution < 1.29 is 0 Å². The first-order valence-electron chi connectivity index (χ1n) is 8.00. The average Bonchev–Trinajstić information content (AvgIpc) is 2.51. The summed E-state index contributed by atoms with van der Waals surface area (Å²) in [6.45, 7) is 8.19. The molecule has 0 bridgehead atoms. The summed E-state index contributed by atoms with van der Waals surface area (Å²) in [5.74, 6) is 0. The molecule has 3 rings (SSSR count). The molecule has 2 nitrogen and oxygen atoms in total. The smallest absolute Gasteiger partial charge is 0.0279 e. The lowest BCUT2D eigenvalue weighted by atomic mass is 10.0. The largest absolute Gasteiger partial charge is 0.297 e. The molecule has 1 atom stereocenters. The second-order valence-electron chi connectivity index (χ2n) is 6.17. The number of benzene rings is 1. The molecule has 1 aliphatic carbocycles. The van der Waals surface area contributed by atoms with Crippen LogP contribution in [0.25, 0.3) is 0 Å². The van der Waals surface area contributed by atoms with Crippen molar-refractivity contribution in [3.63, 3.8) is 0 Å². The van der Waals surface area contributed by atoms with Crippen LogP contribution in [-0.4, -0.2) is 42.0 Å². The summed E-state index contributed by atoms with van der Waals surface area (Å²) in [5, 5.41) is 0. The lowest BCUT2D eigenvalue weighted by molar-refractivity contribution is 0.102. The lowest BCUT2D eigenvalue weighted by Gasteiger charge is -2.39. The van der Waals surface area contributed by atoms with Gasteiger partial charge in [0.05, 0.1) is 0 Å². The second kappa shape index (κ2) is 6.55. The highest BCUT2D eigenvalue weighted by Crippen LogP contribution is 2.19. The molecular weight excluding hydrogens is 244 g/mol. The van der Waals surface area contributed by atoms with Crippen molar-refractivity contribution >= 4 is 0 Å². The Morgan fingerprint density at radius 1 is 1.10 bits per heavy atom. The molecule has 1 aromatic rings. The topological polar surface area (TPSA) is 6.48 Å². The number of nitrogens with zero attached hydrogens (tertiary/aromatic N) is 2.